The van der Waals surface area contributed by atoms with Crippen molar-refractivity contribution >= 4 is 11.8 Å². The van der Waals surface area contributed by atoms with Crippen molar-refractivity contribution in [2.24, 2.45) is 11.5 Å². The van der Waals surface area contributed by atoms with Gasteiger partial charge in [0.05, 0.1) is 18.5 Å². The minimum absolute atomic E-state index is 0.0580. The summed E-state index contributed by atoms with van der Waals surface area (Å²) >= 11 is 0. The number of amides is 2. The molecule has 2 atom stereocenters. The van der Waals surface area contributed by atoms with Gasteiger partial charge in [-0.2, -0.15) is 0 Å². The molecule has 2 amide bonds. The fourth-order valence-corrected chi connectivity index (χ4v) is 2.83. The summed E-state index contributed by atoms with van der Waals surface area (Å²) in [6.07, 6.45) is 1.78. The molecule has 108 valence electrons. The third kappa shape index (κ3) is 2.99. The van der Waals surface area contributed by atoms with Gasteiger partial charge in [-0.3, -0.25) is 9.59 Å². The van der Waals surface area contributed by atoms with Crippen molar-refractivity contribution in [3.05, 3.63) is 35.4 Å². The van der Waals surface area contributed by atoms with Crippen LogP contribution in [-0.2, 0) is 9.59 Å². The van der Waals surface area contributed by atoms with Crippen molar-refractivity contribution in [3.63, 3.8) is 0 Å². The van der Waals surface area contributed by atoms with Crippen LogP contribution >= 0.6 is 0 Å². The van der Waals surface area contributed by atoms with Crippen molar-refractivity contribution in [1.82, 2.24) is 4.90 Å². The standard InChI is InChI=1S/C15H21N3O2/c1-10-5-2-3-6-11(10)13-7-4-8-18(13)15(20)12(16)9-14(17)19/h2-3,5-6,12-13H,4,7-9,16H2,1H3,(H2,17,19). The van der Waals surface area contributed by atoms with Crippen LogP contribution in [0, 0.1) is 6.92 Å². The predicted octanol–water partition coefficient (Wildman–Crippen LogP) is 0.861. The number of likely N-dealkylation sites (tertiary alicyclic amines) is 1. The summed E-state index contributed by atoms with van der Waals surface area (Å²) in [5.74, 6) is -0.730. The van der Waals surface area contributed by atoms with E-state index in [1.165, 1.54) is 5.56 Å². The highest BCUT2D eigenvalue weighted by Crippen LogP contribution is 2.33. The van der Waals surface area contributed by atoms with Gasteiger partial charge in [0.1, 0.15) is 0 Å². The first kappa shape index (κ1) is 14.5. The maximum absolute atomic E-state index is 12.4. The Labute approximate surface area is 118 Å². The van der Waals surface area contributed by atoms with E-state index in [0.29, 0.717) is 6.54 Å². The maximum Gasteiger partial charge on any atom is 0.240 e. The van der Waals surface area contributed by atoms with E-state index < -0.39 is 11.9 Å². The lowest BCUT2D eigenvalue weighted by Gasteiger charge is -2.28. The molecule has 0 aliphatic carbocycles. The van der Waals surface area contributed by atoms with E-state index in [2.05, 4.69) is 0 Å². The summed E-state index contributed by atoms with van der Waals surface area (Å²) in [4.78, 5) is 25.1. The Kier molecular flexibility index (Phi) is 4.39. The molecule has 2 unspecified atom stereocenters. The number of carbonyl (C=O) groups is 2. The molecule has 5 nitrogen and oxygen atoms in total. The van der Waals surface area contributed by atoms with Crippen LogP contribution in [0.2, 0.25) is 0 Å². The molecular weight excluding hydrogens is 254 g/mol. The van der Waals surface area contributed by atoms with Gasteiger partial charge in [-0.15, -0.1) is 0 Å². The Morgan fingerprint density at radius 3 is 2.75 bits per heavy atom. The number of benzene rings is 1. The Morgan fingerprint density at radius 1 is 1.40 bits per heavy atom. The second kappa shape index (κ2) is 6.05. The fourth-order valence-electron chi connectivity index (χ4n) is 2.83. The van der Waals surface area contributed by atoms with Crippen LogP contribution in [0.15, 0.2) is 24.3 Å². The Hall–Kier alpha value is -1.88. The smallest absolute Gasteiger partial charge is 0.240 e. The lowest BCUT2D eigenvalue weighted by molar-refractivity contribution is -0.135. The molecule has 1 aromatic carbocycles. The van der Waals surface area contributed by atoms with E-state index in [4.69, 9.17) is 11.5 Å². The van der Waals surface area contributed by atoms with Gasteiger partial charge in [-0.25, -0.2) is 0 Å². The molecule has 20 heavy (non-hydrogen) atoms. The van der Waals surface area contributed by atoms with Crippen LogP contribution in [0.3, 0.4) is 0 Å². The van der Waals surface area contributed by atoms with Gasteiger partial charge in [0, 0.05) is 6.54 Å². The first-order chi connectivity index (χ1) is 9.50. The summed E-state index contributed by atoms with van der Waals surface area (Å²) in [6.45, 7) is 2.73. The van der Waals surface area contributed by atoms with E-state index in [1.807, 2.05) is 31.2 Å². The molecule has 1 aliphatic rings. The van der Waals surface area contributed by atoms with E-state index >= 15 is 0 Å². The van der Waals surface area contributed by atoms with E-state index in [9.17, 15) is 9.59 Å². The number of primary amides is 1. The second-order valence-electron chi connectivity index (χ2n) is 5.32. The van der Waals surface area contributed by atoms with Crippen molar-refractivity contribution in [2.75, 3.05) is 6.54 Å². The molecular formula is C15H21N3O2. The second-order valence-corrected chi connectivity index (χ2v) is 5.32. The molecule has 4 N–H and O–H groups in total. The average molecular weight is 275 g/mol. The van der Waals surface area contributed by atoms with Crippen LogP contribution in [0.25, 0.3) is 0 Å². The molecule has 1 saturated heterocycles. The molecule has 1 heterocycles. The van der Waals surface area contributed by atoms with Gasteiger partial charge in [0.2, 0.25) is 11.8 Å². The quantitative estimate of drug-likeness (QED) is 0.854. The van der Waals surface area contributed by atoms with E-state index in [0.717, 1.165) is 18.4 Å². The molecule has 0 aromatic heterocycles. The van der Waals surface area contributed by atoms with Crippen molar-refractivity contribution in [2.45, 2.75) is 38.3 Å². The minimum Gasteiger partial charge on any atom is -0.370 e. The lowest BCUT2D eigenvalue weighted by Crippen LogP contribution is -2.45. The van der Waals surface area contributed by atoms with Crippen molar-refractivity contribution in [3.8, 4) is 0 Å². The van der Waals surface area contributed by atoms with Crippen LogP contribution in [-0.4, -0.2) is 29.3 Å². The molecule has 0 radical (unpaired) electrons. The van der Waals surface area contributed by atoms with E-state index in [-0.39, 0.29) is 18.4 Å². The van der Waals surface area contributed by atoms with Crippen LogP contribution in [0.4, 0.5) is 0 Å². The number of carbonyl (C=O) groups excluding carboxylic acids is 2. The number of hydrogen-bond acceptors (Lipinski definition) is 3. The minimum atomic E-state index is -0.836. The fraction of sp³-hybridized carbons (Fsp3) is 0.467. The zero-order chi connectivity index (χ0) is 14.7. The molecule has 2 rings (SSSR count). The first-order valence-electron chi connectivity index (χ1n) is 6.90. The SMILES string of the molecule is Cc1ccccc1C1CCCN1C(=O)C(N)CC(N)=O. The number of hydrogen-bond donors (Lipinski definition) is 2. The third-order valence-corrected chi connectivity index (χ3v) is 3.82. The van der Waals surface area contributed by atoms with Gasteiger partial charge in [-0.05, 0) is 30.9 Å². The summed E-state index contributed by atoms with van der Waals surface area (Å²) < 4.78 is 0. The molecule has 5 heteroatoms. The number of aryl methyl sites for hydroxylation is 1. The highest BCUT2D eigenvalue weighted by molar-refractivity contribution is 5.88. The summed E-state index contributed by atoms with van der Waals surface area (Å²) in [6, 6.07) is 7.27. The van der Waals surface area contributed by atoms with Crippen LogP contribution in [0.1, 0.15) is 36.4 Å². The van der Waals surface area contributed by atoms with Gasteiger partial charge < -0.3 is 16.4 Å². The zero-order valence-electron chi connectivity index (χ0n) is 11.7. The first-order valence-corrected chi connectivity index (χ1v) is 6.90. The van der Waals surface area contributed by atoms with Crippen molar-refractivity contribution < 1.29 is 9.59 Å². The maximum atomic E-state index is 12.4. The molecule has 0 spiro atoms. The van der Waals surface area contributed by atoms with Gasteiger partial charge in [0.15, 0.2) is 0 Å². The van der Waals surface area contributed by atoms with Gasteiger partial charge in [-0.1, -0.05) is 24.3 Å². The topological polar surface area (TPSA) is 89.4 Å². The zero-order valence-corrected chi connectivity index (χ0v) is 11.7. The average Bonchev–Trinajstić information content (AvgIpc) is 2.86. The number of rotatable bonds is 4. The Bertz CT molecular complexity index is 516. The van der Waals surface area contributed by atoms with Gasteiger partial charge >= 0.3 is 0 Å². The Balaban J connectivity index is 2.17. The molecule has 0 bridgehead atoms. The van der Waals surface area contributed by atoms with Crippen LogP contribution in [0.5, 0.6) is 0 Å². The van der Waals surface area contributed by atoms with E-state index in [1.54, 1.807) is 4.90 Å². The molecule has 0 saturated carbocycles. The normalized spacial score (nSPS) is 19.9. The summed E-state index contributed by atoms with van der Waals surface area (Å²) in [5, 5.41) is 0. The van der Waals surface area contributed by atoms with Crippen LogP contribution < -0.4 is 11.5 Å². The highest BCUT2D eigenvalue weighted by Gasteiger charge is 2.33. The Morgan fingerprint density at radius 2 is 2.10 bits per heavy atom. The van der Waals surface area contributed by atoms with Crippen molar-refractivity contribution in [1.29, 1.82) is 0 Å². The van der Waals surface area contributed by atoms with Gasteiger partial charge in [0.25, 0.3) is 0 Å². The summed E-state index contributed by atoms with van der Waals surface area (Å²) in [5.41, 5.74) is 13.2. The third-order valence-electron chi connectivity index (χ3n) is 3.82. The molecule has 1 aliphatic heterocycles. The molecule has 1 fully saturated rings. The summed E-state index contributed by atoms with van der Waals surface area (Å²) in [7, 11) is 0. The molecule has 1 aromatic rings. The highest BCUT2D eigenvalue weighted by atomic mass is 16.2. The lowest BCUT2D eigenvalue weighted by atomic mass is 9.99. The number of nitrogens with zero attached hydrogens (tertiary/aromatic N) is 1. The largest absolute Gasteiger partial charge is 0.370 e. The number of nitrogens with two attached hydrogens (primary N) is 2. The monoisotopic (exact) mass is 275 g/mol. The predicted molar refractivity (Wildman–Crippen MR) is 76.7 cm³/mol.